The molecule has 74 heavy (non-hydrogen) atoms. The van der Waals surface area contributed by atoms with Crippen LogP contribution in [-0.4, -0.2) is 124 Å². The van der Waals surface area contributed by atoms with Gasteiger partial charge in [0.05, 0.1) is 59.3 Å². The van der Waals surface area contributed by atoms with Crippen molar-refractivity contribution in [1.29, 1.82) is 0 Å². The number of benzene rings is 3. The van der Waals surface area contributed by atoms with Crippen LogP contribution in [0.15, 0.2) is 72.2 Å². The minimum atomic E-state index is -0.989. The van der Waals surface area contributed by atoms with Crippen molar-refractivity contribution in [2.45, 2.75) is 142 Å². The highest BCUT2D eigenvalue weighted by molar-refractivity contribution is 7.13. The number of anilines is 1. The third-order valence-corrected chi connectivity index (χ3v) is 14.3. The van der Waals surface area contributed by atoms with E-state index in [-0.39, 0.29) is 69.9 Å². The number of aliphatic hydroxyl groups is 1. The Labute approximate surface area is 435 Å². The number of hydrogen-bond acceptors (Lipinski definition) is 13. The van der Waals surface area contributed by atoms with E-state index in [4.69, 9.17) is 30.8 Å². The summed E-state index contributed by atoms with van der Waals surface area (Å²) >= 11 is 1.56. The summed E-state index contributed by atoms with van der Waals surface area (Å²) in [6.07, 6.45) is 0.962. The number of para-hydroxylation sites is 1. The number of nitrogens with one attached hydrogen (secondary N) is 3. The average Bonchev–Trinajstić information content (AvgIpc) is 4.07. The van der Waals surface area contributed by atoms with E-state index in [9.17, 15) is 33.9 Å². The monoisotopic (exact) mass is 1040 g/mol. The number of carbonyl (C=O) groups excluding carboxylic acids is 6. The van der Waals surface area contributed by atoms with Gasteiger partial charge in [0.2, 0.25) is 35.4 Å². The summed E-state index contributed by atoms with van der Waals surface area (Å²) in [4.78, 5) is 97.2. The van der Waals surface area contributed by atoms with Gasteiger partial charge in [-0.05, 0) is 78.3 Å². The first-order chi connectivity index (χ1) is 35.1. The second kappa shape index (κ2) is 25.6. The third-order valence-electron chi connectivity index (χ3n) is 13.4. The zero-order valence-electron chi connectivity index (χ0n) is 42.9. The lowest BCUT2D eigenvalue weighted by molar-refractivity contribution is -0.144. The Kier molecular flexibility index (Phi) is 19.6. The fraction of sp³-hybridized carbons (Fsp3) is 0.481. The number of carbonyl (C=O) groups is 7. The van der Waals surface area contributed by atoms with Crippen molar-refractivity contribution in [1.82, 2.24) is 25.8 Å². The molecule has 3 aliphatic heterocycles. The van der Waals surface area contributed by atoms with E-state index in [0.717, 1.165) is 56.6 Å². The van der Waals surface area contributed by atoms with E-state index in [2.05, 4.69) is 20.9 Å². The third kappa shape index (κ3) is 15.0. The normalized spacial score (nSPS) is 19.3. The van der Waals surface area contributed by atoms with Crippen molar-refractivity contribution in [2.24, 2.45) is 16.9 Å². The summed E-state index contributed by atoms with van der Waals surface area (Å²) in [7, 11) is 0. The molecular weight excluding hydrogens is 969 g/mol. The number of primary amides is 1. The molecule has 1 aromatic heterocycles. The maximum Gasteiger partial charge on any atom is 0.300 e. The number of carboxylic acid groups (broad SMARTS) is 1. The van der Waals surface area contributed by atoms with Gasteiger partial charge in [-0.2, -0.15) is 0 Å². The molecule has 0 aliphatic carbocycles. The van der Waals surface area contributed by atoms with Gasteiger partial charge >= 0.3 is 0 Å². The highest BCUT2D eigenvalue weighted by atomic mass is 32.1. The smallest absolute Gasteiger partial charge is 0.300 e. The number of aromatic nitrogens is 1. The van der Waals surface area contributed by atoms with Gasteiger partial charge in [-0.1, -0.05) is 87.5 Å². The number of aryl methyl sites for hydroxylation is 2. The Morgan fingerprint density at radius 2 is 1.59 bits per heavy atom. The number of thiazole rings is 1. The highest BCUT2D eigenvalue weighted by Gasteiger charge is 2.45. The average molecular weight is 1040 g/mol. The molecule has 3 aliphatic rings. The molecule has 7 atom stereocenters. The van der Waals surface area contributed by atoms with Crippen LogP contribution in [0.5, 0.6) is 0 Å². The first kappa shape index (κ1) is 56.7. The molecule has 398 valence electrons. The van der Waals surface area contributed by atoms with Gasteiger partial charge in [-0.25, -0.2) is 4.98 Å². The van der Waals surface area contributed by atoms with Gasteiger partial charge in [-0.15, -0.1) is 11.3 Å². The molecule has 6 amide bonds. The van der Waals surface area contributed by atoms with Crippen LogP contribution in [0, 0.1) is 12.3 Å². The van der Waals surface area contributed by atoms with Crippen LogP contribution < -0.4 is 32.3 Å². The number of ether oxygens (including phenoxy) is 2. The zero-order valence-corrected chi connectivity index (χ0v) is 43.7. The van der Waals surface area contributed by atoms with Gasteiger partial charge < -0.3 is 52.0 Å². The second-order valence-corrected chi connectivity index (χ2v) is 21.1. The SMILES string of the molecule is CC(=O)O.Cc1ncsc1-c1ccc(CNC(=O)[C@@H]2C[C@@H](O)CN2C(=O)[C@@H](NC(=O)COCCc2ccc(CO[C@H](C)[C@H](CCC(N)=O)NC(=O)[C@@H]3Cc4cccc5c4N3C(=O)[C@@H](N)CC5)cc2)C(C)(C)C)cc1. The van der Waals surface area contributed by atoms with E-state index in [1.54, 1.807) is 21.7 Å². The maximum absolute atomic E-state index is 14.1. The van der Waals surface area contributed by atoms with E-state index < -0.39 is 71.5 Å². The fourth-order valence-corrected chi connectivity index (χ4v) is 10.2. The van der Waals surface area contributed by atoms with Gasteiger partial charge in [0.1, 0.15) is 24.7 Å². The van der Waals surface area contributed by atoms with Crippen LogP contribution in [-0.2, 0) is 75.4 Å². The van der Waals surface area contributed by atoms with Crippen LogP contribution in [0.25, 0.3) is 10.4 Å². The molecule has 4 aromatic rings. The van der Waals surface area contributed by atoms with Crippen LogP contribution in [0.4, 0.5) is 5.69 Å². The molecular formula is C54H70N8O11S. The molecule has 19 nitrogen and oxygen atoms in total. The second-order valence-electron chi connectivity index (χ2n) is 20.2. The molecule has 0 saturated carbocycles. The molecule has 0 radical (unpaired) electrons. The van der Waals surface area contributed by atoms with E-state index >= 15 is 0 Å². The van der Waals surface area contributed by atoms with Crippen molar-refractivity contribution in [2.75, 3.05) is 24.7 Å². The highest BCUT2D eigenvalue weighted by Crippen LogP contribution is 2.39. The van der Waals surface area contributed by atoms with Crippen molar-refractivity contribution >= 4 is 58.4 Å². The molecule has 7 rings (SSSR count). The van der Waals surface area contributed by atoms with Crippen LogP contribution in [0.2, 0.25) is 0 Å². The number of nitrogens with zero attached hydrogens (tertiary/aromatic N) is 3. The fourth-order valence-electron chi connectivity index (χ4n) is 9.35. The summed E-state index contributed by atoms with van der Waals surface area (Å²) in [5, 5.41) is 26.8. The van der Waals surface area contributed by atoms with Gasteiger partial charge in [0.15, 0.2) is 0 Å². The minimum absolute atomic E-state index is 0.0331. The maximum atomic E-state index is 14.1. The van der Waals surface area contributed by atoms with Crippen molar-refractivity contribution < 1.29 is 53.2 Å². The molecule has 0 unspecified atom stereocenters. The molecule has 9 N–H and O–H groups in total. The Bertz CT molecular complexity index is 2630. The van der Waals surface area contributed by atoms with Crippen molar-refractivity contribution in [3.63, 3.8) is 0 Å². The molecule has 1 saturated heterocycles. The Hall–Kier alpha value is -6.58. The molecule has 1 fully saturated rings. The topological polar surface area (TPSA) is 286 Å². The van der Waals surface area contributed by atoms with Crippen LogP contribution in [0.1, 0.15) is 93.8 Å². The Morgan fingerprint density at radius 3 is 2.24 bits per heavy atom. The van der Waals surface area contributed by atoms with Gasteiger partial charge in [0.25, 0.3) is 5.97 Å². The summed E-state index contributed by atoms with van der Waals surface area (Å²) in [5.41, 5.74) is 20.2. The largest absolute Gasteiger partial charge is 0.481 e. The first-order valence-electron chi connectivity index (χ1n) is 24.9. The number of amides is 6. The van der Waals surface area contributed by atoms with Gasteiger partial charge in [-0.3, -0.25) is 38.5 Å². The lowest BCUT2D eigenvalue weighted by Gasteiger charge is -2.35. The Morgan fingerprint density at radius 1 is 0.932 bits per heavy atom. The van der Waals surface area contributed by atoms with Gasteiger partial charge in [0, 0.05) is 39.3 Å². The Balaban J connectivity index is 0.00000215. The van der Waals surface area contributed by atoms with Crippen LogP contribution in [0.3, 0.4) is 0 Å². The first-order valence-corrected chi connectivity index (χ1v) is 25.8. The number of aliphatic carboxylic acids is 1. The summed E-state index contributed by atoms with van der Waals surface area (Å²) in [6, 6.07) is 17.4. The van der Waals surface area contributed by atoms with E-state index in [1.165, 1.54) is 4.90 Å². The molecule has 20 heteroatoms. The number of hydrogen-bond donors (Lipinski definition) is 7. The summed E-state index contributed by atoms with van der Waals surface area (Å²) < 4.78 is 12.0. The molecule has 0 bridgehead atoms. The van der Waals surface area contributed by atoms with E-state index in [0.29, 0.717) is 25.7 Å². The number of likely N-dealkylation sites (tertiary alicyclic amines) is 1. The number of rotatable bonds is 20. The molecule has 3 aromatic carbocycles. The lowest BCUT2D eigenvalue weighted by atomic mass is 9.85. The minimum Gasteiger partial charge on any atom is -0.481 e. The summed E-state index contributed by atoms with van der Waals surface area (Å²) in [6.45, 7) is 10.7. The summed E-state index contributed by atoms with van der Waals surface area (Å²) in [5.74, 6) is -3.30. The van der Waals surface area contributed by atoms with Crippen molar-refractivity contribution in [3.8, 4) is 10.4 Å². The number of β-amino-alcohol motifs (C(OH)–C–C–N with tert-alkyl or cyclic N) is 1. The number of carboxylic acids is 1. The molecule has 0 spiro atoms. The van der Waals surface area contributed by atoms with Crippen molar-refractivity contribution in [3.05, 3.63) is 106 Å². The quantitative estimate of drug-likeness (QED) is 0.0626. The van der Waals surface area contributed by atoms with Crippen LogP contribution >= 0.6 is 11.3 Å². The number of aliphatic hydroxyl groups excluding tert-OH is 1. The predicted molar refractivity (Wildman–Crippen MR) is 278 cm³/mol. The zero-order chi connectivity index (χ0) is 53.9. The standard InChI is InChI=1S/C52H66N8O9S.C2H4O2/c1-30-46(70-29-56-30)36-15-13-33(14-16-36)25-55-48(64)41-24-38(61)26-59(41)51(67)47(52(3,4)5)58-44(63)28-68-22-21-32-9-11-34(12-10-32)27-69-31(2)40(19-20-43(54)62)57-49(65)42-23-37-8-6-7-35-17-18-39(53)50(66)60(42)45(35)37;1-2(3)4/h6-16,29,31,38-42,47,61H,17-28,53H2,1-5H3,(H2,54,62)(H,55,64)(H,57,65)(H,58,63);1H3,(H,3,4)/t31-,38-,39+,40+,41+,42+,47-;/m1./s1. The molecule has 4 heterocycles. The lowest BCUT2D eigenvalue weighted by Crippen LogP contribution is -2.58. The predicted octanol–water partition coefficient (Wildman–Crippen LogP) is 3.46. The number of nitrogens with two attached hydrogens (primary N) is 2. The van der Waals surface area contributed by atoms with E-state index in [1.807, 2.05) is 101 Å².